The van der Waals surface area contributed by atoms with Crippen LogP contribution < -0.4 is 0 Å². The van der Waals surface area contributed by atoms with Crippen molar-refractivity contribution in [2.45, 2.75) is 56.1 Å². The maximum absolute atomic E-state index is 13.2. The molecule has 0 aromatic heterocycles. The summed E-state index contributed by atoms with van der Waals surface area (Å²) in [6.45, 7) is 1.25. The third-order valence-corrected chi connectivity index (χ3v) is 5.95. The third kappa shape index (κ3) is 2.25. The molecule has 1 aromatic rings. The number of hydrogen-bond donors (Lipinski definition) is 1. The molecule has 1 N–H and O–H groups in total. The minimum absolute atomic E-state index is 0.0273. The summed E-state index contributed by atoms with van der Waals surface area (Å²) in [7, 11) is 0. The van der Waals surface area contributed by atoms with Gasteiger partial charge in [0.1, 0.15) is 5.92 Å². The number of fused-ring (bicyclic) bond motifs is 1. The highest BCUT2D eigenvalue weighted by Gasteiger charge is 2.56. The number of aliphatic carboxylic acids is 1. The fraction of sp³-hybridized carbons (Fsp3) is 0.579. The molecular formula is C19H23NO4. The van der Waals surface area contributed by atoms with Crippen LogP contribution in [0.1, 0.15) is 60.4 Å². The first-order valence-electron chi connectivity index (χ1n) is 8.89. The predicted octanol–water partition coefficient (Wildman–Crippen LogP) is 2.80. The Morgan fingerprint density at radius 1 is 1.25 bits per heavy atom. The Bertz CT molecular complexity index is 659. The Morgan fingerprint density at radius 2 is 2.00 bits per heavy atom. The molecule has 0 unspecified atom stereocenters. The van der Waals surface area contributed by atoms with Gasteiger partial charge in [0.15, 0.2) is 0 Å². The Labute approximate surface area is 141 Å². The standard InChI is InChI=1S/C19H23NO4/c21-17-15-8-2-1-7-14(15)16(18(22)23)19(9-3-4-10-19)20(17)12-13-6-5-11-24-13/h1-2,7-8,13,16H,3-6,9-12H2,(H,22,23)/t13-,16+/m1/s1. The van der Waals surface area contributed by atoms with Gasteiger partial charge in [-0.15, -0.1) is 0 Å². The maximum atomic E-state index is 13.2. The van der Waals surface area contributed by atoms with Gasteiger partial charge in [0.05, 0.1) is 11.6 Å². The highest BCUT2D eigenvalue weighted by molar-refractivity contribution is 6.01. The molecule has 24 heavy (non-hydrogen) atoms. The van der Waals surface area contributed by atoms with Gasteiger partial charge in [-0.1, -0.05) is 31.0 Å². The van der Waals surface area contributed by atoms with Crippen LogP contribution in [0, 0.1) is 0 Å². The van der Waals surface area contributed by atoms with E-state index < -0.39 is 17.4 Å². The first-order valence-corrected chi connectivity index (χ1v) is 8.89. The van der Waals surface area contributed by atoms with E-state index >= 15 is 0 Å². The smallest absolute Gasteiger partial charge is 0.313 e. The van der Waals surface area contributed by atoms with E-state index in [4.69, 9.17) is 4.74 Å². The van der Waals surface area contributed by atoms with Crippen molar-refractivity contribution in [3.8, 4) is 0 Å². The molecule has 1 aliphatic carbocycles. The van der Waals surface area contributed by atoms with Crippen LogP contribution in [0.2, 0.25) is 0 Å². The molecule has 5 heteroatoms. The van der Waals surface area contributed by atoms with Gasteiger partial charge in [-0.3, -0.25) is 9.59 Å². The molecule has 2 atom stereocenters. The van der Waals surface area contributed by atoms with Gasteiger partial charge in [0.2, 0.25) is 0 Å². The lowest BCUT2D eigenvalue weighted by Crippen LogP contribution is -2.60. The second-order valence-corrected chi connectivity index (χ2v) is 7.22. The third-order valence-electron chi connectivity index (χ3n) is 5.95. The van der Waals surface area contributed by atoms with Gasteiger partial charge in [-0.25, -0.2) is 0 Å². The molecular weight excluding hydrogens is 306 g/mol. The number of benzene rings is 1. The first kappa shape index (κ1) is 15.6. The summed E-state index contributed by atoms with van der Waals surface area (Å²) < 4.78 is 5.75. The zero-order valence-corrected chi connectivity index (χ0v) is 13.7. The molecule has 1 aromatic carbocycles. The van der Waals surface area contributed by atoms with Gasteiger partial charge in [0, 0.05) is 18.7 Å². The Morgan fingerprint density at radius 3 is 2.67 bits per heavy atom. The number of amides is 1. The average Bonchev–Trinajstić information content (AvgIpc) is 3.24. The number of carboxylic acid groups (broad SMARTS) is 1. The summed E-state index contributed by atoms with van der Waals surface area (Å²) in [6.07, 6.45) is 5.46. The van der Waals surface area contributed by atoms with E-state index in [2.05, 4.69) is 0 Å². The molecule has 0 radical (unpaired) electrons. The van der Waals surface area contributed by atoms with Crippen molar-refractivity contribution in [2.75, 3.05) is 13.2 Å². The summed E-state index contributed by atoms with van der Waals surface area (Å²) in [4.78, 5) is 27.3. The van der Waals surface area contributed by atoms with Gasteiger partial charge >= 0.3 is 5.97 Å². The Kier molecular flexibility index (Phi) is 3.83. The van der Waals surface area contributed by atoms with Crippen LogP contribution in [-0.2, 0) is 9.53 Å². The largest absolute Gasteiger partial charge is 0.481 e. The molecule has 4 rings (SSSR count). The molecule has 5 nitrogen and oxygen atoms in total. The minimum Gasteiger partial charge on any atom is -0.481 e. The number of carboxylic acids is 1. The van der Waals surface area contributed by atoms with Crippen LogP contribution in [0.4, 0.5) is 0 Å². The van der Waals surface area contributed by atoms with E-state index in [1.165, 1.54) is 0 Å². The molecule has 2 aliphatic heterocycles. The lowest BCUT2D eigenvalue weighted by Gasteiger charge is -2.49. The molecule has 128 valence electrons. The zero-order chi connectivity index (χ0) is 16.7. The molecule has 1 amide bonds. The van der Waals surface area contributed by atoms with Crippen LogP contribution in [0.15, 0.2) is 24.3 Å². The van der Waals surface area contributed by atoms with Gasteiger partial charge in [-0.2, -0.15) is 0 Å². The molecule has 2 fully saturated rings. The van der Waals surface area contributed by atoms with E-state index in [0.29, 0.717) is 17.7 Å². The van der Waals surface area contributed by atoms with Crippen LogP contribution in [0.5, 0.6) is 0 Å². The van der Waals surface area contributed by atoms with Crippen molar-refractivity contribution in [3.05, 3.63) is 35.4 Å². The van der Waals surface area contributed by atoms with Crippen molar-refractivity contribution in [2.24, 2.45) is 0 Å². The lowest BCUT2D eigenvalue weighted by molar-refractivity contribution is -0.143. The van der Waals surface area contributed by atoms with E-state index in [-0.39, 0.29) is 12.0 Å². The van der Waals surface area contributed by atoms with Crippen LogP contribution >= 0.6 is 0 Å². The average molecular weight is 329 g/mol. The van der Waals surface area contributed by atoms with Crippen molar-refractivity contribution < 1.29 is 19.4 Å². The molecule has 2 heterocycles. The van der Waals surface area contributed by atoms with Crippen LogP contribution in [0.25, 0.3) is 0 Å². The second kappa shape index (κ2) is 5.88. The number of nitrogens with zero attached hydrogens (tertiary/aromatic N) is 1. The predicted molar refractivity (Wildman–Crippen MR) is 88.0 cm³/mol. The highest BCUT2D eigenvalue weighted by atomic mass is 16.5. The number of carbonyl (C=O) groups excluding carboxylic acids is 1. The molecule has 1 saturated carbocycles. The minimum atomic E-state index is -0.825. The number of ether oxygens (including phenoxy) is 1. The van der Waals surface area contributed by atoms with Crippen molar-refractivity contribution >= 4 is 11.9 Å². The molecule has 0 bridgehead atoms. The molecule has 3 aliphatic rings. The van der Waals surface area contributed by atoms with Crippen molar-refractivity contribution in [1.82, 2.24) is 4.90 Å². The van der Waals surface area contributed by atoms with Gasteiger partial charge < -0.3 is 14.7 Å². The fourth-order valence-corrected chi connectivity index (χ4v) is 4.90. The summed E-state index contributed by atoms with van der Waals surface area (Å²) in [6, 6.07) is 7.22. The lowest BCUT2D eigenvalue weighted by atomic mass is 9.71. The maximum Gasteiger partial charge on any atom is 0.313 e. The van der Waals surface area contributed by atoms with Gasteiger partial charge in [-0.05, 0) is 37.3 Å². The van der Waals surface area contributed by atoms with E-state index in [1.54, 1.807) is 6.07 Å². The Balaban J connectivity index is 1.81. The number of hydrogen-bond acceptors (Lipinski definition) is 3. The highest BCUT2D eigenvalue weighted by Crippen LogP contribution is 2.50. The van der Waals surface area contributed by atoms with Crippen LogP contribution in [-0.4, -0.2) is 46.7 Å². The topological polar surface area (TPSA) is 66.8 Å². The van der Waals surface area contributed by atoms with Crippen LogP contribution in [0.3, 0.4) is 0 Å². The monoisotopic (exact) mass is 329 g/mol. The summed E-state index contributed by atoms with van der Waals surface area (Å²) >= 11 is 0. The Hall–Kier alpha value is -1.88. The van der Waals surface area contributed by atoms with E-state index in [1.807, 2.05) is 23.1 Å². The number of rotatable bonds is 3. The first-order chi connectivity index (χ1) is 11.6. The van der Waals surface area contributed by atoms with E-state index in [0.717, 1.165) is 45.1 Å². The molecule has 1 spiro atoms. The van der Waals surface area contributed by atoms with Crippen molar-refractivity contribution in [1.29, 1.82) is 0 Å². The van der Waals surface area contributed by atoms with Crippen molar-refractivity contribution in [3.63, 3.8) is 0 Å². The zero-order valence-electron chi connectivity index (χ0n) is 13.7. The normalized spacial score (nSPS) is 28.3. The summed E-state index contributed by atoms with van der Waals surface area (Å²) in [5.41, 5.74) is 0.629. The summed E-state index contributed by atoms with van der Waals surface area (Å²) in [5.74, 6) is -1.50. The molecule has 1 saturated heterocycles. The second-order valence-electron chi connectivity index (χ2n) is 7.22. The number of carbonyl (C=O) groups is 2. The van der Waals surface area contributed by atoms with E-state index in [9.17, 15) is 14.7 Å². The van der Waals surface area contributed by atoms with Gasteiger partial charge in [0.25, 0.3) is 5.91 Å². The quantitative estimate of drug-likeness (QED) is 0.926. The SMILES string of the molecule is O=C(O)[C@@H]1c2ccccc2C(=O)N(C[C@H]2CCCO2)C12CCCC2. The fourth-order valence-electron chi connectivity index (χ4n) is 4.90. The summed E-state index contributed by atoms with van der Waals surface area (Å²) in [5, 5.41) is 10.0.